The highest BCUT2D eigenvalue weighted by Gasteiger charge is 2.37. The van der Waals surface area contributed by atoms with Crippen molar-refractivity contribution in [3.05, 3.63) is 69.8 Å². The van der Waals surface area contributed by atoms with Gasteiger partial charge >= 0.3 is 5.97 Å². The van der Waals surface area contributed by atoms with Gasteiger partial charge in [0.15, 0.2) is 0 Å². The maximum Gasteiger partial charge on any atom is 0.335 e. The van der Waals surface area contributed by atoms with E-state index in [-0.39, 0.29) is 10.8 Å². The van der Waals surface area contributed by atoms with Crippen LogP contribution in [-0.4, -0.2) is 16.8 Å². The van der Waals surface area contributed by atoms with E-state index in [2.05, 4.69) is 65.8 Å². The van der Waals surface area contributed by atoms with Crippen molar-refractivity contribution in [1.82, 2.24) is 0 Å². The van der Waals surface area contributed by atoms with Gasteiger partial charge in [0.1, 0.15) is 0 Å². The molecule has 0 saturated carbocycles. The van der Waals surface area contributed by atoms with Crippen LogP contribution in [0.15, 0.2) is 36.4 Å². The Balaban J connectivity index is 1.97. The van der Waals surface area contributed by atoms with Gasteiger partial charge in [-0.25, -0.2) is 4.79 Å². The van der Waals surface area contributed by atoms with Crippen LogP contribution in [0.1, 0.15) is 99.0 Å². The molecule has 1 aliphatic carbocycles. The van der Waals surface area contributed by atoms with Crippen LogP contribution in [0.4, 0.5) is 0 Å². The van der Waals surface area contributed by atoms with Gasteiger partial charge in [-0.3, -0.25) is 0 Å². The molecular formula is C29H38O2S. The summed E-state index contributed by atoms with van der Waals surface area (Å²) < 4.78 is 0. The number of carbonyl (C=O) groups is 1. The largest absolute Gasteiger partial charge is 0.478 e. The molecule has 0 atom stereocenters. The van der Waals surface area contributed by atoms with Crippen LogP contribution in [0.2, 0.25) is 0 Å². The van der Waals surface area contributed by atoms with E-state index in [0.717, 1.165) is 17.2 Å². The van der Waals surface area contributed by atoms with Crippen LogP contribution < -0.4 is 0 Å². The molecule has 2 nitrogen and oxygen atoms in total. The van der Waals surface area contributed by atoms with Crippen LogP contribution in [0.5, 0.6) is 0 Å². The Morgan fingerprint density at radius 3 is 2.16 bits per heavy atom. The number of carboxylic acids is 1. The van der Waals surface area contributed by atoms with Crippen molar-refractivity contribution in [3.63, 3.8) is 0 Å². The zero-order valence-electron chi connectivity index (χ0n) is 20.5. The third kappa shape index (κ3) is 5.86. The topological polar surface area (TPSA) is 37.3 Å². The average molecular weight is 451 g/mol. The van der Waals surface area contributed by atoms with Gasteiger partial charge < -0.3 is 5.11 Å². The lowest BCUT2D eigenvalue weighted by molar-refractivity contribution is 0.0697. The summed E-state index contributed by atoms with van der Waals surface area (Å²) >= 11 is 2.03. The van der Waals surface area contributed by atoms with Gasteiger partial charge in [-0.15, -0.1) is 0 Å². The van der Waals surface area contributed by atoms with Crippen molar-refractivity contribution in [2.24, 2.45) is 5.92 Å². The molecule has 0 bridgehead atoms. The second-order valence-corrected chi connectivity index (χ2v) is 12.0. The van der Waals surface area contributed by atoms with Crippen molar-refractivity contribution >= 4 is 29.9 Å². The summed E-state index contributed by atoms with van der Waals surface area (Å²) in [4.78, 5) is 11.1. The zero-order chi connectivity index (χ0) is 23.5. The number of fused-ring (bicyclic) bond motifs is 1. The molecule has 32 heavy (non-hydrogen) atoms. The van der Waals surface area contributed by atoms with Gasteiger partial charge in [0, 0.05) is 5.75 Å². The summed E-state index contributed by atoms with van der Waals surface area (Å²) in [6.45, 7) is 14.1. The highest BCUT2D eigenvalue weighted by Crippen LogP contribution is 2.47. The Morgan fingerprint density at radius 1 is 1.00 bits per heavy atom. The number of hydrogen-bond donors (Lipinski definition) is 1. The SMILES string of the molecule is CC(C)CCSCc1cc2c(cc1/C=C/c1ccc(C(=O)O)cc1)C(C)(C)CCC2(C)C. The number of rotatable bonds is 8. The molecule has 3 heteroatoms. The van der Waals surface area contributed by atoms with E-state index >= 15 is 0 Å². The van der Waals surface area contributed by atoms with Crippen molar-refractivity contribution in [2.45, 2.75) is 77.4 Å². The predicted molar refractivity (Wildman–Crippen MR) is 140 cm³/mol. The van der Waals surface area contributed by atoms with Gasteiger partial charge in [-0.1, -0.05) is 78.0 Å². The second kappa shape index (κ2) is 9.87. The normalized spacial score (nSPS) is 17.0. The molecule has 0 spiro atoms. The Labute approximate surface area is 198 Å². The zero-order valence-corrected chi connectivity index (χ0v) is 21.3. The van der Waals surface area contributed by atoms with Crippen molar-refractivity contribution in [2.75, 3.05) is 5.75 Å². The number of benzene rings is 2. The first kappa shape index (κ1) is 24.6. The summed E-state index contributed by atoms with van der Waals surface area (Å²) in [7, 11) is 0. The highest BCUT2D eigenvalue weighted by atomic mass is 32.2. The van der Waals surface area contributed by atoms with Crippen LogP contribution in [0, 0.1) is 5.92 Å². The van der Waals surface area contributed by atoms with Crippen molar-refractivity contribution in [3.8, 4) is 0 Å². The summed E-state index contributed by atoms with van der Waals surface area (Å²) in [5.74, 6) is 2.05. The Kier molecular flexibility index (Phi) is 7.60. The van der Waals surface area contributed by atoms with E-state index in [4.69, 9.17) is 5.11 Å². The number of thioether (sulfide) groups is 1. The first-order valence-corrected chi connectivity index (χ1v) is 12.9. The molecular weight excluding hydrogens is 412 g/mol. The Bertz CT molecular complexity index is 981. The summed E-state index contributed by atoms with van der Waals surface area (Å²) in [6.07, 6.45) is 7.99. The van der Waals surface area contributed by atoms with Crippen LogP contribution in [-0.2, 0) is 16.6 Å². The van der Waals surface area contributed by atoms with Crippen LogP contribution in [0.25, 0.3) is 12.2 Å². The molecule has 0 aliphatic heterocycles. The third-order valence-electron chi connectivity index (χ3n) is 6.82. The van der Waals surface area contributed by atoms with Crippen molar-refractivity contribution < 1.29 is 9.90 Å². The molecule has 0 heterocycles. The standard InChI is InChI=1S/C29H38O2S/c1-20(2)13-16-32-19-24-18-26-25(28(3,4)14-15-29(26,5)6)17-23(24)12-9-21-7-10-22(11-8-21)27(30)31/h7-12,17-18,20H,13-16,19H2,1-6H3,(H,30,31)/b12-9+. The fraction of sp³-hybridized carbons (Fsp3) is 0.483. The maximum atomic E-state index is 11.1. The molecule has 0 unspecified atom stereocenters. The van der Waals surface area contributed by atoms with Gasteiger partial charge in [0.05, 0.1) is 5.56 Å². The van der Waals surface area contributed by atoms with Gasteiger partial charge in [-0.2, -0.15) is 11.8 Å². The summed E-state index contributed by atoms with van der Waals surface area (Å²) in [6, 6.07) is 12.0. The minimum Gasteiger partial charge on any atom is -0.478 e. The van der Waals surface area contributed by atoms with E-state index in [1.54, 1.807) is 12.1 Å². The van der Waals surface area contributed by atoms with Gasteiger partial charge in [0.25, 0.3) is 0 Å². The molecule has 0 aromatic heterocycles. The lowest BCUT2D eigenvalue weighted by Gasteiger charge is -2.42. The molecule has 172 valence electrons. The van der Waals surface area contributed by atoms with Crippen LogP contribution in [0.3, 0.4) is 0 Å². The molecule has 2 aromatic rings. The maximum absolute atomic E-state index is 11.1. The van der Waals surface area contributed by atoms with Crippen molar-refractivity contribution in [1.29, 1.82) is 0 Å². The van der Waals surface area contributed by atoms with Gasteiger partial charge in [-0.05, 0) is 81.7 Å². The third-order valence-corrected chi connectivity index (χ3v) is 7.86. The summed E-state index contributed by atoms with van der Waals surface area (Å²) in [5.41, 5.74) is 7.40. The van der Waals surface area contributed by atoms with Gasteiger partial charge in [0.2, 0.25) is 0 Å². The molecule has 1 aliphatic rings. The van der Waals surface area contributed by atoms with E-state index in [0.29, 0.717) is 5.56 Å². The average Bonchev–Trinajstić information content (AvgIpc) is 2.73. The smallest absolute Gasteiger partial charge is 0.335 e. The second-order valence-electron chi connectivity index (χ2n) is 10.9. The molecule has 0 radical (unpaired) electrons. The minimum absolute atomic E-state index is 0.180. The van der Waals surface area contributed by atoms with Crippen LogP contribution >= 0.6 is 11.8 Å². The molecule has 0 saturated heterocycles. The first-order valence-electron chi connectivity index (χ1n) is 11.8. The first-order chi connectivity index (χ1) is 15.0. The van der Waals surface area contributed by atoms with E-state index in [1.165, 1.54) is 47.3 Å². The number of aromatic carboxylic acids is 1. The fourth-order valence-electron chi connectivity index (χ4n) is 4.38. The molecule has 0 fully saturated rings. The Morgan fingerprint density at radius 2 is 1.59 bits per heavy atom. The summed E-state index contributed by atoms with van der Waals surface area (Å²) in [5, 5.41) is 9.14. The quantitative estimate of drug-likeness (QED) is 0.325. The van der Waals surface area contributed by atoms with E-state index < -0.39 is 5.97 Å². The number of carboxylic acid groups (broad SMARTS) is 1. The van der Waals surface area contributed by atoms with E-state index in [1.807, 2.05) is 23.9 Å². The predicted octanol–water partition coefficient (Wildman–Crippen LogP) is 8.18. The highest BCUT2D eigenvalue weighted by molar-refractivity contribution is 7.98. The van der Waals surface area contributed by atoms with E-state index in [9.17, 15) is 4.79 Å². The molecule has 0 amide bonds. The molecule has 3 rings (SSSR count). The lowest BCUT2D eigenvalue weighted by atomic mass is 9.62. The fourth-order valence-corrected chi connectivity index (χ4v) is 5.63. The monoisotopic (exact) mass is 450 g/mol. The number of hydrogen-bond acceptors (Lipinski definition) is 2. The Hall–Kier alpha value is -2.00. The molecule has 1 N–H and O–H groups in total. The molecule has 2 aromatic carbocycles. The minimum atomic E-state index is -0.888. The lowest BCUT2D eigenvalue weighted by Crippen LogP contribution is -2.34.